The number of benzene rings is 1. The van der Waals surface area contributed by atoms with E-state index in [0.717, 1.165) is 0 Å². The van der Waals surface area contributed by atoms with Gasteiger partial charge in [0.15, 0.2) is 6.61 Å². The molecule has 112 valence electrons. The van der Waals surface area contributed by atoms with Crippen molar-refractivity contribution in [1.29, 1.82) is 0 Å². The summed E-state index contributed by atoms with van der Waals surface area (Å²) in [5.74, 6) is 1.66. The van der Waals surface area contributed by atoms with Crippen LogP contribution in [0.5, 0.6) is 5.75 Å². The van der Waals surface area contributed by atoms with Gasteiger partial charge in [0.25, 0.3) is 11.6 Å². The first-order valence-corrected chi connectivity index (χ1v) is 7.30. The Kier molecular flexibility index (Phi) is 3.77. The minimum absolute atomic E-state index is 0.00864. The van der Waals surface area contributed by atoms with Gasteiger partial charge >= 0.3 is 0 Å². The van der Waals surface area contributed by atoms with Gasteiger partial charge in [0.2, 0.25) is 0 Å². The van der Waals surface area contributed by atoms with Gasteiger partial charge in [0, 0.05) is 18.2 Å². The average molecular weight is 290 g/mol. The maximum absolute atomic E-state index is 11.9. The molecule has 2 aliphatic carbocycles. The van der Waals surface area contributed by atoms with Crippen LogP contribution in [0, 0.1) is 22.0 Å². The summed E-state index contributed by atoms with van der Waals surface area (Å²) >= 11 is 0. The molecule has 1 amide bonds. The second-order valence-electron chi connectivity index (χ2n) is 5.81. The van der Waals surface area contributed by atoms with Gasteiger partial charge in [-0.2, -0.15) is 0 Å². The first-order valence-electron chi connectivity index (χ1n) is 7.30. The number of hydrogen-bond acceptors (Lipinski definition) is 4. The number of nitrogens with zero attached hydrogens (tertiary/aromatic N) is 1. The molecule has 3 rings (SSSR count). The Morgan fingerprint density at radius 2 is 1.81 bits per heavy atom. The molecule has 0 heterocycles. The molecule has 0 aliphatic heterocycles. The van der Waals surface area contributed by atoms with Crippen LogP contribution in [0.15, 0.2) is 24.3 Å². The summed E-state index contributed by atoms with van der Waals surface area (Å²) in [6.07, 6.45) is 4.85. The number of carbonyl (C=O) groups excluding carboxylic acids is 1. The van der Waals surface area contributed by atoms with Crippen molar-refractivity contribution in [3.05, 3.63) is 34.4 Å². The Morgan fingerprint density at radius 3 is 2.29 bits per heavy atom. The molecule has 2 aliphatic rings. The summed E-state index contributed by atoms with van der Waals surface area (Å²) in [7, 11) is 0. The summed E-state index contributed by atoms with van der Waals surface area (Å²) in [6.45, 7) is -0.0479. The van der Waals surface area contributed by atoms with E-state index in [2.05, 4.69) is 5.32 Å². The minimum atomic E-state index is -0.466. The monoisotopic (exact) mass is 290 g/mol. The molecule has 0 bridgehead atoms. The van der Waals surface area contributed by atoms with Crippen molar-refractivity contribution in [1.82, 2.24) is 5.32 Å². The highest BCUT2D eigenvalue weighted by Gasteiger charge is 2.42. The third-order valence-corrected chi connectivity index (χ3v) is 4.00. The number of carbonyl (C=O) groups is 1. The Bertz CT molecular complexity index is 523. The highest BCUT2D eigenvalue weighted by atomic mass is 16.6. The average Bonchev–Trinajstić information content (AvgIpc) is 3.36. The largest absolute Gasteiger partial charge is 0.484 e. The second-order valence-corrected chi connectivity index (χ2v) is 5.81. The van der Waals surface area contributed by atoms with E-state index in [-0.39, 0.29) is 18.2 Å². The Labute approximate surface area is 122 Å². The highest BCUT2D eigenvalue weighted by Crippen LogP contribution is 2.44. The molecule has 1 aromatic rings. The number of nitro benzene ring substituents is 1. The van der Waals surface area contributed by atoms with Crippen molar-refractivity contribution in [2.45, 2.75) is 31.7 Å². The number of nitrogens with one attached hydrogen (secondary N) is 1. The first-order chi connectivity index (χ1) is 10.1. The fourth-order valence-corrected chi connectivity index (χ4v) is 2.57. The molecule has 2 fully saturated rings. The highest BCUT2D eigenvalue weighted by molar-refractivity contribution is 5.78. The van der Waals surface area contributed by atoms with Crippen LogP contribution in [0.3, 0.4) is 0 Å². The molecule has 0 aromatic heterocycles. The van der Waals surface area contributed by atoms with Crippen LogP contribution in [0.4, 0.5) is 5.69 Å². The van der Waals surface area contributed by atoms with Gasteiger partial charge in [0.1, 0.15) is 5.75 Å². The van der Waals surface area contributed by atoms with Crippen LogP contribution < -0.4 is 10.1 Å². The van der Waals surface area contributed by atoms with Crippen LogP contribution in [0.2, 0.25) is 0 Å². The molecule has 1 N–H and O–H groups in total. The molecule has 21 heavy (non-hydrogen) atoms. The molecular weight excluding hydrogens is 272 g/mol. The summed E-state index contributed by atoms with van der Waals surface area (Å²) in [6, 6.07) is 6.06. The normalized spacial score (nSPS) is 17.6. The van der Waals surface area contributed by atoms with Crippen molar-refractivity contribution in [2.24, 2.45) is 11.8 Å². The third-order valence-electron chi connectivity index (χ3n) is 4.00. The summed E-state index contributed by atoms with van der Waals surface area (Å²) in [5.41, 5.74) is 0.00864. The second kappa shape index (κ2) is 5.71. The Balaban J connectivity index is 1.47. The number of rotatable bonds is 7. The maximum atomic E-state index is 11.9. The predicted molar refractivity (Wildman–Crippen MR) is 76.0 cm³/mol. The lowest BCUT2D eigenvalue weighted by atomic mass is 10.1. The van der Waals surface area contributed by atoms with E-state index in [9.17, 15) is 14.9 Å². The van der Waals surface area contributed by atoms with Crippen molar-refractivity contribution >= 4 is 11.6 Å². The number of hydrogen-bond donors (Lipinski definition) is 1. The summed E-state index contributed by atoms with van der Waals surface area (Å²) < 4.78 is 5.37. The van der Waals surface area contributed by atoms with Gasteiger partial charge in [0.05, 0.1) is 4.92 Å². The predicted octanol–water partition coefficient (Wildman–Crippen LogP) is 2.28. The van der Waals surface area contributed by atoms with Crippen LogP contribution in [0.1, 0.15) is 25.7 Å². The third kappa shape index (κ3) is 3.71. The fourth-order valence-electron chi connectivity index (χ4n) is 2.57. The molecule has 0 unspecified atom stereocenters. The van der Waals surface area contributed by atoms with Gasteiger partial charge < -0.3 is 10.1 Å². The Hall–Kier alpha value is -2.11. The molecule has 0 radical (unpaired) electrons. The molecule has 6 heteroatoms. The standard InChI is InChI=1S/C15H18N2O4/c18-14(16-15(10-1-2-10)11-3-4-11)9-21-13-7-5-12(6-8-13)17(19)20/h5-8,10-11,15H,1-4,9H2,(H,16,18). The van der Waals surface area contributed by atoms with E-state index < -0.39 is 4.92 Å². The maximum Gasteiger partial charge on any atom is 0.269 e. The zero-order valence-corrected chi connectivity index (χ0v) is 11.7. The smallest absolute Gasteiger partial charge is 0.269 e. The lowest BCUT2D eigenvalue weighted by molar-refractivity contribution is -0.384. The molecule has 0 spiro atoms. The molecule has 1 aromatic carbocycles. The zero-order valence-electron chi connectivity index (χ0n) is 11.7. The van der Waals surface area contributed by atoms with Gasteiger partial charge in [-0.1, -0.05) is 0 Å². The topological polar surface area (TPSA) is 81.5 Å². The molecule has 0 atom stereocenters. The van der Waals surface area contributed by atoms with E-state index in [1.807, 2.05) is 0 Å². The van der Waals surface area contributed by atoms with Crippen molar-refractivity contribution in [2.75, 3.05) is 6.61 Å². The zero-order chi connectivity index (χ0) is 14.8. The number of non-ortho nitro benzene ring substituents is 1. The first kappa shape index (κ1) is 13.9. The van der Waals surface area contributed by atoms with Crippen LogP contribution in [-0.2, 0) is 4.79 Å². The van der Waals surface area contributed by atoms with Crippen molar-refractivity contribution < 1.29 is 14.5 Å². The van der Waals surface area contributed by atoms with Crippen molar-refractivity contribution in [3.63, 3.8) is 0 Å². The van der Waals surface area contributed by atoms with Crippen LogP contribution >= 0.6 is 0 Å². The molecule has 0 saturated heterocycles. The number of nitro groups is 1. The fraction of sp³-hybridized carbons (Fsp3) is 0.533. The summed E-state index contributed by atoms with van der Waals surface area (Å²) in [5, 5.41) is 13.6. The Morgan fingerprint density at radius 1 is 1.24 bits per heavy atom. The van der Waals surface area contributed by atoms with E-state index in [1.165, 1.54) is 49.9 Å². The van der Waals surface area contributed by atoms with Crippen LogP contribution in [-0.4, -0.2) is 23.5 Å². The number of ether oxygens (including phenoxy) is 1. The van der Waals surface area contributed by atoms with Gasteiger partial charge in [-0.15, -0.1) is 0 Å². The molecule has 2 saturated carbocycles. The quantitative estimate of drug-likeness (QED) is 0.617. The van der Waals surface area contributed by atoms with E-state index in [4.69, 9.17) is 4.74 Å². The minimum Gasteiger partial charge on any atom is -0.484 e. The van der Waals surface area contributed by atoms with Gasteiger partial charge in [-0.05, 0) is 49.7 Å². The van der Waals surface area contributed by atoms with Gasteiger partial charge in [-0.25, -0.2) is 0 Å². The summed E-state index contributed by atoms with van der Waals surface area (Å²) in [4.78, 5) is 22.0. The molecular formula is C15H18N2O4. The number of amides is 1. The lowest BCUT2D eigenvalue weighted by Gasteiger charge is -2.17. The van der Waals surface area contributed by atoms with E-state index >= 15 is 0 Å². The van der Waals surface area contributed by atoms with E-state index in [0.29, 0.717) is 23.6 Å². The van der Waals surface area contributed by atoms with Crippen molar-refractivity contribution in [3.8, 4) is 5.75 Å². The SMILES string of the molecule is O=C(COc1ccc([N+](=O)[O-])cc1)NC(C1CC1)C1CC1. The van der Waals surface area contributed by atoms with E-state index in [1.54, 1.807) is 0 Å². The van der Waals surface area contributed by atoms with Crippen LogP contribution in [0.25, 0.3) is 0 Å². The lowest BCUT2D eigenvalue weighted by Crippen LogP contribution is -2.40. The molecule has 6 nitrogen and oxygen atoms in total. The van der Waals surface area contributed by atoms with Gasteiger partial charge in [-0.3, -0.25) is 14.9 Å².